The van der Waals surface area contributed by atoms with Gasteiger partial charge in [0.2, 0.25) is 0 Å². The highest BCUT2D eigenvalue weighted by molar-refractivity contribution is 7.15. The van der Waals surface area contributed by atoms with Crippen LogP contribution >= 0.6 is 11.3 Å². The van der Waals surface area contributed by atoms with E-state index in [4.69, 9.17) is 4.74 Å². The molecule has 0 saturated carbocycles. The Morgan fingerprint density at radius 1 is 1.21 bits per heavy atom. The van der Waals surface area contributed by atoms with Crippen LogP contribution in [0.3, 0.4) is 0 Å². The maximum atomic E-state index is 12.0. The SMILES string of the molecule is CC(=O)c1ccc(OCC(=O)Nc2ncc(Cc3cccc([N+](=O)[O-])c3)s2)cc1. The van der Waals surface area contributed by atoms with Gasteiger partial charge in [0.1, 0.15) is 5.75 Å². The van der Waals surface area contributed by atoms with E-state index >= 15 is 0 Å². The summed E-state index contributed by atoms with van der Waals surface area (Å²) in [6.07, 6.45) is 2.11. The van der Waals surface area contributed by atoms with Crippen molar-refractivity contribution in [3.8, 4) is 5.75 Å². The second-order valence-electron chi connectivity index (χ2n) is 6.15. The number of hydrogen-bond donors (Lipinski definition) is 1. The first-order chi connectivity index (χ1) is 13.9. The molecular weight excluding hydrogens is 394 g/mol. The molecule has 0 atom stereocenters. The third-order valence-electron chi connectivity index (χ3n) is 3.93. The number of ether oxygens (including phenoxy) is 1. The molecule has 1 aromatic heterocycles. The number of nitrogens with zero attached hydrogens (tertiary/aromatic N) is 2. The molecule has 3 aromatic rings. The first kappa shape index (κ1) is 20.2. The fraction of sp³-hybridized carbons (Fsp3) is 0.150. The van der Waals surface area contributed by atoms with E-state index in [0.29, 0.717) is 22.9 Å². The Labute approximate surface area is 170 Å². The number of anilines is 1. The van der Waals surface area contributed by atoms with Crippen LogP contribution in [0.25, 0.3) is 0 Å². The van der Waals surface area contributed by atoms with Crippen molar-refractivity contribution < 1.29 is 19.2 Å². The van der Waals surface area contributed by atoms with E-state index in [2.05, 4.69) is 10.3 Å². The first-order valence-corrected chi connectivity index (χ1v) is 9.44. The highest BCUT2D eigenvalue weighted by Gasteiger charge is 2.10. The molecule has 2 aromatic carbocycles. The lowest BCUT2D eigenvalue weighted by atomic mass is 10.1. The number of amides is 1. The lowest BCUT2D eigenvalue weighted by Crippen LogP contribution is -2.20. The Balaban J connectivity index is 1.53. The van der Waals surface area contributed by atoms with Gasteiger partial charge in [-0.3, -0.25) is 25.0 Å². The highest BCUT2D eigenvalue weighted by Crippen LogP contribution is 2.23. The second-order valence-corrected chi connectivity index (χ2v) is 7.27. The summed E-state index contributed by atoms with van der Waals surface area (Å²) >= 11 is 1.29. The Bertz CT molecular complexity index is 1050. The van der Waals surface area contributed by atoms with Crippen LogP contribution in [-0.4, -0.2) is 28.2 Å². The van der Waals surface area contributed by atoms with Crippen LogP contribution in [0.1, 0.15) is 27.7 Å². The third kappa shape index (κ3) is 5.69. The van der Waals surface area contributed by atoms with Gasteiger partial charge in [0, 0.05) is 35.2 Å². The molecule has 1 heterocycles. The molecule has 148 valence electrons. The minimum absolute atomic E-state index is 0.0361. The molecule has 0 aliphatic carbocycles. The topological polar surface area (TPSA) is 111 Å². The number of thiazole rings is 1. The van der Waals surface area contributed by atoms with Gasteiger partial charge in [-0.25, -0.2) is 4.98 Å². The van der Waals surface area contributed by atoms with Gasteiger partial charge in [0.05, 0.1) is 4.92 Å². The van der Waals surface area contributed by atoms with Crippen LogP contribution in [0.15, 0.2) is 54.7 Å². The number of aromatic nitrogens is 1. The number of carbonyl (C=O) groups is 2. The second kappa shape index (κ2) is 9.07. The van der Waals surface area contributed by atoms with Gasteiger partial charge in [-0.1, -0.05) is 12.1 Å². The number of ketones is 1. The fourth-order valence-electron chi connectivity index (χ4n) is 2.52. The number of carbonyl (C=O) groups excluding carboxylic acids is 2. The maximum absolute atomic E-state index is 12.0. The van der Waals surface area contributed by atoms with E-state index in [1.54, 1.807) is 42.6 Å². The van der Waals surface area contributed by atoms with Gasteiger partial charge >= 0.3 is 0 Å². The lowest BCUT2D eigenvalue weighted by molar-refractivity contribution is -0.384. The summed E-state index contributed by atoms with van der Waals surface area (Å²) < 4.78 is 5.40. The van der Waals surface area contributed by atoms with Crippen molar-refractivity contribution in [1.29, 1.82) is 0 Å². The summed E-state index contributed by atoms with van der Waals surface area (Å²) in [5.74, 6) is 0.0755. The molecule has 0 saturated heterocycles. The number of rotatable bonds is 8. The van der Waals surface area contributed by atoms with Crippen LogP contribution in [0.2, 0.25) is 0 Å². The third-order valence-corrected chi connectivity index (χ3v) is 4.84. The van der Waals surface area contributed by atoms with Crippen molar-refractivity contribution in [3.05, 3.63) is 80.8 Å². The van der Waals surface area contributed by atoms with Crippen molar-refractivity contribution in [3.63, 3.8) is 0 Å². The van der Waals surface area contributed by atoms with E-state index < -0.39 is 4.92 Å². The van der Waals surface area contributed by atoms with Gasteiger partial charge in [0.15, 0.2) is 17.5 Å². The summed E-state index contributed by atoms with van der Waals surface area (Å²) in [6, 6.07) is 12.9. The molecule has 9 heteroatoms. The number of Topliss-reactive ketones (excluding diaryl/α,β-unsaturated/α-hetero) is 1. The largest absolute Gasteiger partial charge is 0.484 e. The molecule has 0 aliphatic rings. The van der Waals surface area contributed by atoms with Gasteiger partial charge in [-0.15, -0.1) is 11.3 Å². The van der Waals surface area contributed by atoms with Crippen LogP contribution < -0.4 is 10.1 Å². The Morgan fingerprint density at radius 3 is 2.66 bits per heavy atom. The van der Waals surface area contributed by atoms with Gasteiger partial charge in [-0.05, 0) is 36.8 Å². The molecule has 3 rings (SSSR count). The molecule has 0 spiro atoms. The number of benzene rings is 2. The fourth-order valence-corrected chi connectivity index (χ4v) is 3.38. The lowest BCUT2D eigenvalue weighted by Gasteiger charge is -2.06. The Hall–Kier alpha value is -3.59. The average molecular weight is 411 g/mol. The minimum Gasteiger partial charge on any atom is -0.484 e. The average Bonchev–Trinajstić information content (AvgIpc) is 3.13. The summed E-state index contributed by atoms with van der Waals surface area (Å²) in [7, 11) is 0. The summed E-state index contributed by atoms with van der Waals surface area (Å²) in [5.41, 5.74) is 1.40. The smallest absolute Gasteiger partial charge is 0.269 e. The number of nitro groups is 1. The number of nitro benzene ring substituents is 1. The summed E-state index contributed by atoms with van der Waals surface area (Å²) in [6.45, 7) is 1.28. The van der Waals surface area contributed by atoms with Gasteiger partial charge in [0.25, 0.3) is 11.6 Å². The van der Waals surface area contributed by atoms with Crippen LogP contribution in [0, 0.1) is 10.1 Å². The molecule has 0 bridgehead atoms. The highest BCUT2D eigenvalue weighted by atomic mass is 32.1. The zero-order chi connectivity index (χ0) is 20.8. The Morgan fingerprint density at radius 2 is 1.97 bits per heavy atom. The van der Waals surface area contributed by atoms with Crippen LogP contribution in [0.5, 0.6) is 5.75 Å². The zero-order valence-electron chi connectivity index (χ0n) is 15.5. The number of nitrogens with one attached hydrogen (secondary N) is 1. The normalized spacial score (nSPS) is 10.4. The van der Waals surface area contributed by atoms with Crippen molar-refractivity contribution in [2.45, 2.75) is 13.3 Å². The summed E-state index contributed by atoms with van der Waals surface area (Å²) in [4.78, 5) is 38.7. The van der Waals surface area contributed by atoms with Crippen molar-refractivity contribution in [2.24, 2.45) is 0 Å². The molecular formula is C20H17N3O5S. The van der Waals surface area contributed by atoms with E-state index in [9.17, 15) is 19.7 Å². The quantitative estimate of drug-likeness (QED) is 0.342. The number of hydrogen-bond acceptors (Lipinski definition) is 7. The molecule has 1 amide bonds. The Kier molecular flexibility index (Phi) is 6.30. The van der Waals surface area contributed by atoms with Crippen molar-refractivity contribution >= 4 is 33.8 Å². The first-order valence-electron chi connectivity index (χ1n) is 8.62. The molecule has 0 fully saturated rings. The van der Waals surface area contributed by atoms with E-state index in [1.165, 1.54) is 30.4 Å². The molecule has 0 aliphatic heterocycles. The predicted molar refractivity (Wildman–Crippen MR) is 109 cm³/mol. The number of non-ortho nitro benzene ring substituents is 1. The molecule has 0 radical (unpaired) electrons. The minimum atomic E-state index is -0.435. The zero-order valence-corrected chi connectivity index (χ0v) is 16.3. The van der Waals surface area contributed by atoms with Crippen molar-refractivity contribution in [2.75, 3.05) is 11.9 Å². The van der Waals surface area contributed by atoms with E-state index in [0.717, 1.165) is 10.4 Å². The van der Waals surface area contributed by atoms with Gasteiger partial charge < -0.3 is 4.74 Å². The van der Waals surface area contributed by atoms with Crippen LogP contribution in [-0.2, 0) is 11.2 Å². The van der Waals surface area contributed by atoms with Crippen molar-refractivity contribution in [1.82, 2.24) is 4.98 Å². The monoisotopic (exact) mass is 411 g/mol. The van der Waals surface area contributed by atoms with Gasteiger partial charge in [-0.2, -0.15) is 0 Å². The molecule has 1 N–H and O–H groups in total. The molecule has 0 unspecified atom stereocenters. The maximum Gasteiger partial charge on any atom is 0.269 e. The standard InChI is InChI=1S/C20H17N3O5S/c1-13(24)15-5-7-17(8-6-15)28-12-19(25)22-20-21-11-18(29-20)10-14-3-2-4-16(9-14)23(26)27/h2-9,11H,10,12H2,1H3,(H,21,22,25). The molecule has 8 nitrogen and oxygen atoms in total. The molecule has 29 heavy (non-hydrogen) atoms. The van der Waals surface area contributed by atoms with E-state index in [1.807, 2.05) is 0 Å². The summed E-state index contributed by atoms with van der Waals surface area (Å²) in [5, 5.41) is 13.9. The van der Waals surface area contributed by atoms with Crippen LogP contribution in [0.4, 0.5) is 10.8 Å². The predicted octanol–water partition coefficient (Wildman–Crippen LogP) is 3.86. The van der Waals surface area contributed by atoms with E-state index in [-0.39, 0.29) is 24.0 Å².